The fourth-order valence-electron chi connectivity index (χ4n) is 2.01. The molecule has 0 aliphatic carbocycles. The van der Waals surface area contributed by atoms with Crippen molar-refractivity contribution in [2.45, 2.75) is 24.6 Å². The molecule has 150 valence electrons. The second-order valence-corrected chi connectivity index (χ2v) is 16.7. The van der Waals surface area contributed by atoms with E-state index in [1.165, 1.54) is 29.1 Å². The smallest absolute Gasteiger partial charge is 0.257 e. The van der Waals surface area contributed by atoms with Crippen molar-refractivity contribution in [3.05, 3.63) is 19.1 Å². The molecule has 2 aromatic heterocycles. The molecular weight excluding hydrogens is 533 g/mol. The standard InChI is InChI=1S/C15H18O2S10/c16-12-10-14(26-24-12)23-9-6-19-4-7-21-11-13(17)25-27-15(11)22-8-5-18-2-1-3-20-10/h1-9H2. The Morgan fingerprint density at radius 3 is 1.56 bits per heavy atom. The van der Waals surface area contributed by atoms with Gasteiger partial charge in [0.1, 0.15) is 0 Å². The zero-order valence-electron chi connectivity index (χ0n) is 14.3. The van der Waals surface area contributed by atoms with Crippen LogP contribution in [0.5, 0.6) is 0 Å². The van der Waals surface area contributed by atoms with Crippen molar-refractivity contribution in [3.63, 3.8) is 0 Å². The average Bonchev–Trinajstić information content (AvgIpc) is 3.19. The summed E-state index contributed by atoms with van der Waals surface area (Å²) in [4.78, 5) is 26.2. The van der Waals surface area contributed by atoms with Crippen LogP contribution in [0.3, 0.4) is 0 Å². The Bertz CT molecular complexity index is 804. The van der Waals surface area contributed by atoms with Crippen molar-refractivity contribution < 1.29 is 0 Å². The summed E-state index contributed by atoms with van der Waals surface area (Å²) in [6, 6.07) is 0. The van der Waals surface area contributed by atoms with Crippen molar-refractivity contribution in [1.29, 1.82) is 0 Å². The van der Waals surface area contributed by atoms with Gasteiger partial charge in [0.05, 0.1) is 18.2 Å². The number of thioether (sulfide) groups is 6. The van der Waals surface area contributed by atoms with Gasteiger partial charge in [-0.1, -0.05) is 20.7 Å². The highest BCUT2D eigenvalue weighted by Crippen LogP contribution is 2.37. The summed E-state index contributed by atoms with van der Waals surface area (Å²) in [6.07, 6.45) is 1.13. The lowest BCUT2D eigenvalue weighted by Gasteiger charge is -2.03. The van der Waals surface area contributed by atoms with E-state index in [1.54, 1.807) is 44.2 Å². The first kappa shape index (κ1) is 23.5. The summed E-state index contributed by atoms with van der Waals surface area (Å²) in [5.74, 6) is 8.51. The molecule has 1 aliphatic rings. The summed E-state index contributed by atoms with van der Waals surface area (Å²) < 4.78 is 2.92. The maximum Gasteiger partial charge on any atom is 0.257 e. The molecule has 3 heterocycles. The largest absolute Gasteiger partial charge is 0.276 e. The minimum absolute atomic E-state index is 0.239. The van der Waals surface area contributed by atoms with Crippen LogP contribution in [0, 0.1) is 0 Å². The minimum Gasteiger partial charge on any atom is -0.276 e. The van der Waals surface area contributed by atoms with E-state index < -0.39 is 0 Å². The van der Waals surface area contributed by atoms with E-state index in [0.717, 1.165) is 62.2 Å². The predicted molar refractivity (Wildman–Crippen MR) is 139 cm³/mol. The molecule has 2 aromatic rings. The van der Waals surface area contributed by atoms with Gasteiger partial charge < -0.3 is 0 Å². The lowest BCUT2D eigenvalue weighted by atomic mass is 10.6. The lowest BCUT2D eigenvalue weighted by Crippen LogP contribution is -1.96. The Balaban J connectivity index is 1.56. The first-order chi connectivity index (χ1) is 13.3. The molecular formula is C15H18O2S10. The molecule has 27 heavy (non-hydrogen) atoms. The maximum absolute atomic E-state index is 12.1. The molecule has 0 fully saturated rings. The van der Waals surface area contributed by atoms with Gasteiger partial charge in [0, 0.05) is 34.5 Å². The molecule has 0 aromatic carbocycles. The Labute approximate surface area is 199 Å². The Kier molecular flexibility index (Phi) is 11.5. The molecule has 0 unspecified atom stereocenters. The molecule has 0 spiro atoms. The molecule has 12 heteroatoms. The summed E-state index contributed by atoms with van der Waals surface area (Å²) in [5, 5.41) is 0. The maximum atomic E-state index is 12.1. The zero-order valence-corrected chi connectivity index (χ0v) is 22.4. The second kappa shape index (κ2) is 13.3. The van der Waals surface area contributed by atoms with Crippen LogP contribution in [0.15, 0.2) is 27.8 Å². The van der Waals surface area contributed by atoms with Crippen molar-refractivity contribution in [3.8, 4) is 0 Å². The number of rotatable bonds is 0. The van der Waals surface area contributed by atoms with Gasteiger partial charge in [-0.2, -0.15) is 23.5 Å². The fourth-order valence-corrected chi connectivity index (χ4v) is 15.4. The van der Waals surface area contributed by atoms with E-state index >= 15 is 0 Å². The average molecular weight is 551 g/mol. The highest BCUT2D eigenvalue weighted by atomic mass is 32.9. The van der Waals surface area contributed by atoms with Crippen LogP contribution in [-0.2, 0) is 0 Å². The van der Waals surface area contributed by atoms with E-state index in [2.05, 4.69) is 0 Å². The van der Waals surface area contributed by atoms with Gasteiger partial charge in [-0.05, 0) is 38.6 Å². The van der Waals surface area contributed by atoms with Gasteiger partial charge in [0.2, 0.25) is 0 Å². The van der Waals surface area contributed by atoms with Gasteiger partial charge in [-0.15, -0.1) is 47.0 Å². The first-order valence-corrected chi connectivity index (χ1v) is 18.7. The van der Waals surface area contributed by atoms with E-state index in [0.29, 0.717) is 0 Å². The SMILES string of the molecule is O=c1ssc2c1SCCCSCCSc1ssc(=O)c1SCCSCCS2. The Morgan fingerprint density at radius 1 is 0.481 bits per heavy atom. The molecule has 0 saturated carbocycles. The predicted octanol–water partition coefficient (Wildman–Crippen LogP) is 6.59. The second-order valence-electron chi connectivity index (χ2n) is 5.11. The topological polar surface area (TPSA) is 34.1 Å². The minimum atomic E-state index is 0.239. The molecule has 0 atom stereocenters. The van der Waals surface area contributed by atoms with E-state index in [9.17, 15) is 9.59 Å². The summed E-state index contributed by atoms with van der Waals surface area (Å²) in [5.41, 5.74) is 0. The third-order valence-corrected chi connectivity index (χ3v) is 16.7. The molecule has 0 saturated heterocycles. The van der Waals surface area contributed by atoms with Gasteiger partial charge in [0.15, 0.2) is 0 Å². The third-order valence-electron chi connectivity index (χ3n) is 3.20. The van der Waals surface area contributed by atoms with Crippen molar-refractivity contribution >= 4 is 112 Å². The Morgan fingerprint density at radius 2 is 0.963 bits per heavy atom. The summed E-state index contributed by atoms with van der Waals surface area (Å²) >= 11 is 11.1. The van der Waals surface area contributed by atoms with Gasteiger partial charge in [0.25, 0.3) is 9.48 Å². The summed E-state index contributed by atoms with van der Waals surface area (Å²) in [6.45, 7) is 0. The Hall–Kier alpha value is 1.80. The third kappa shape index (κ3) is 7.77. The normalized spacial score (nSPS) is 18.7. The first-order valence-electron chi connectivity index (χ1n) is 8.18. The van der Waals surface area contributed by atoms with Crippen LogP contribution in [0.1, 0.15) is 6.42 Å². The quantitative estimate of drug-likeness (QED) is 0.340. The van der Waals surface area contributed by atoms with Crippen LogP contribution < -0.4 is 9.48 Å². The lowest BCUT2D eigenvalue weighted by molar-refractivity contribution is 1.12. The molecule has 0 amide bonds. The van der Waals surface area contributed by atoms with E-state index in [-0.39, 0.29) is 9.48 Å². The van der Waals surface area contributed by atoms with Crippen molar-refractivity contribution in [2.75, 3.05) is 46.0 Å². The van der Waals surface area contributed by atoms with E-state index in [1.807, 2.05) is 47.0 Å². The monoisotopic (exact) mass is 550 g/mol. The highest BCUT2D eigenvalue weighted by molar-refractivity contribution is 8.08. The summed E-state index contributed by atoms with van der Waals surface area (Å²) in [7, 11) is 6.05. The number of hydrogen-bond donors (Lipinski definition) is 0. The van der Waals surface area contributed by atoms with Gasteiger partial charge in [-0.25, -0.2) is 0 Å². The van der Waals surface area contributed by atoms with Gasteiger partial charge >= 0.3 is 0 Å². The fraction of sp³-hybridized carbons (Fsp3) is 0.600. The molecule has 0 bridgehead atoms. The van der Waals surface area contributed by atoms with Crippen LogP contribution in [0.2, 0.25) is 0 Å². The molecule has 1 aliphatic heterocycles. The molecule has 0 N–H and O–H groups in total. The van der Waals surface area contributed by atoms with Crippen LogP contribution in [0.25, 0.3) is 0 Å². The highest BCUT2D eigenvalue weighted by Gasteiger charge is 2.14. The van der Waals surface area contributed by atoms with E-state index in [4.69, 9.17) is 0 Å². The van der Waals surface area contributed by atoms with Crippen LogP contribution >= 0.6 is 112 Å². The van der Waals surface area contributed by atoms with Crippen LogP contribution in [0.4, 0.5) is 0 Å². The van der Waals surface area contributed by atoms with Crippen LogP contribution in [-0.4, -0.2) is 46.0 Å². The molecule has 3 rings (SSSR count). The molecule has 2 nitrogen and oxygen atoms in total. The number of hydrogen-bond acceptors (Lipinski definition) is 12. The molecule has 0 radical (unpaired) electrons. The van der Waals surface area contributed by atoms with Crippen molar-refractivity contribution in [1.82, 2.24) is 0 Å². The number of fused-ring (bicyclic) bond motifs is 2. The van der Waals surface area contributed by atoms with Gasteiger partial charge in [-0.3, -0.25) is 9.59 Å². The zero-order chi connectivity index (χ0) is 18.9. The van der Waals surface area contributed by atoms with Crippen molar-refractivity contribution in [2.24, 2.45) is 0 Å².